The van der Waals surface area contributed by atoms with Crippen molar-refractivity contribution in [3.8, 4) is 0 Å². The second-order valence-electron chi connectivity index (χ2n) is 9.88. The lowest BCUT2D eigenvalue weighted by molar-refractivity contribution is 0.0534. The molecule has 11 heteroatoms. The molecular weight excluding hydrogens is 487 g/mol. The van der Waals surface area contributed by atoms with Crippen molar-refractivity contribution in [2.75, 3.05) is 20.6 Å². The monoisotopic (exact) mass is 524 g/mol. The number of rotatable bonds is 9. The summed E-state index contributed by atoms with van der Waals surface area (Å²) in [6.45, 7) is 10.0. The summed E-state index contributed by atoms with van der Waals surface area (Å²) >= 11 is 0. The van der Waals surface area contributed by atoms with Gasteiger partial charge in [-0.2, -0.15) is 5.10 Å². The Labute approximate surface area is 213 Å². The van der Waals surface area contributed by atoms with Gasteiger partial charge in [-0.1, -0.05) is 12.1 Å². The van der Waals surface area contributed by atoms with Gasteiger partial charge in [-0.25, -0.2) is 21.9 Å². The average molecular weight is 525 g/mol. The van der Waals surface area contributed by atoms with E-state index in [0.29, 0.717) is 23.4 Å². The smallest absolute Gasteiger partial charge is 0.407 e. The third-order valence-electron chi connectivity index (χ3n) is 5.34. The van der Waals surface area contributed by atoms with Crippen LogP contribution in [0.2, 0.25) is 0 Å². The minimum absolute atomic E-state index is 0.0562. The maximum absolute atomic E-state index is 14.6. The number of aliphatic hydroxyl groups excluding tert-OH is 1. The van der Waals surface area contributed by atoms with Crippen LogP contribution < -0.4 is 5.32 Å². The molecule has 1 unspecified atom stereocenters. The van der Waals surface area contributed by atoms with E-state index in [-0.39, 0.29) is 18.0 Å². The van der Waals surface area contributed by atoms with Crippen molar-refractivity contribution in [3.63, 3.8) is 0 Å². The van der Waals surface area contributed by atoms with E-state index < -0.39 is 33.6 Å². The third-order valence-corrected chi connectivity index (χ3v) is 7.31. The maximum atomic E-state index is 14.6. The molecule has 1 heterocycles. The zero-order chi connectivity index (χ0) is 27.4. The van der Waals surface area contributed by atoms with Crippen molar-refractivity contribution in [1.29, 1.82) is 0 Å². The Morgan fingerprint density at radius 1 is 1.31 bits per heavy atom. The van der Waals surface area contributed by atoms with Crippen molar-refractivity contribution < 1.29 is 27.4 Å². The number of hydrogen-bond donors (Lipinski definition) is 2. The molecule has 2 aromatic rings. The van der Waals surface area contributed by atoms with Gasteiger partial charge in [0.15, 0.2) is 0 Å². The Kier molecular flexibility index (Phi) is 9.44. The number of aromatic nitrogens is 2. The van der Waals surface area contributed by atoms with Crippen LogP contribution in [0.25, 0.3) is 0 Å². The molecule has 0 fully saturated rings. The van der Waals surface area contributed by atoms with Crippen LogP contribution >= 0.6 is 0 Å². The number of benzene rings is 1. The molecule has 36 heavy (non-hydrogen) atoms. The van der Waals surface area contributed by atoms with Gasteiger partial charge in [0.2, 0.25) is 10.0 Å². The molecule has 0 aliphatic carbocycles. The average Bonchev–Trinajstić information content (AvgIpc) is 3.01. The Morgan fingerprint density at radius 2 is 1.94 bits per heavy atom. The number of allylic oxidation sites excluding steroid dienone is 1. The zero-order valence-electron chi connectivity index (χ0n) is 22.2. The molecule has 1 amide bonds. The highest BCUT2D eigenvalue weighted by molar-refractivity contribution is 7.89. The van der Waals surface area contributed by atoms with Crippen molar-refractivity contribution in [2.45, 2.75) is 71.1 Å². The largest absolute Gasteiger partial charge is 0.444 e. The summed E-state index contributed by atoms with van der Waals surface area (Å²) in [4.78, 5) is 12.0. The molecule has 1 aromatic heterocycles. The summed E-state index contributed by atoms with van der Waals surface area (Å²) in [7, 11) is -0.598. The van der Waals surface area contributed by atoms with Crippen LogP contribution in [0.4, 0.5) is 9.18 Å². The Hall–Kier alpha value is -2.76. The lowest BCUT2D eigenvalue weighted by Gasteiger charge is -2.19. The second kappa shape index (κ2) is 11.5. The molecule has 200 valence electrons. The van der Waals surface area contributed by atoms with E-state index in [2.05, 4.69) is 10.4 Å². The summed E-state index contributed by atoms with van der Waals surface area (Å²) in [6.07, 6.45) is 0.0528. The fraction of sp³-hybridized carbons (Fsp3) is 0.520. The molecule has 0 radical (unpaired) electrons. The SMILES string of the molecule is Cc1cc(Cc2c(C)nn(C/C(F)=C/CNC(=O)OC(C)(C)C)c2C(C)O)ccc1S(=O)(=O)N(C)C. The number of carbonyl (C=O) groups is 1. The van der Waals surface area contributed by atoms with Crippen LogP contribution in [0.1, 0.15) is 61.9 Å². The molecule has 0 aliphatic heterocycles. The van der Waals surface area contributed by atoms with Crippen LogP contribution in [-0.4, -0.2) is 59.9 Å². The summed E-state index contributed by atoms with van der Waals surface area (Å²) < 4.78 is 47.3. The molecule has 0 saturated carbocycles. The van der Waals surface area contributed by atoms with Crippen molar-refractivity contribution in [2.24, 2.45) is 0 Å². The molecule has 0 bridgehead atoms. The lowest BCUT2D eigenvalue weighted by Crippen LogP contribution is -2.32. The Morgan fingerprint density at radius 3 is 2.47 bits per heavy atom. The summed E-state index contributed by atoms with van der Waals surface area (Å²) in [5.74, 6) is -0.531. The number of aryl methyl sites for hydroxylation is 2. The summed E-state index contributed by atoms with van der Waals surface area (Å²) in [5.41, 5.74) is 2.64. The highest BCUT2D eigenvalue weighted by Gasteiger charge is 2.23. The molecule has 1 atom stereocenters. The van der Waals surface area contributed by atoms with Gasteiger partial charge < -0.3 is 15.2 Å². The first-order valence-electron chi connectivity index (χ1n) is 11.6. The quantitative estimate of drug-likeness (QED) is 0.516. The number of alkyl carbamates (subject to hydrolysis) is 1. The van der Waals surface area contributed by atoms with Gasteiger partial charge in [0.25, 0.3) is 0 Å². The van der Waals surface area contributed by atoms with E-state index in [9.17, 15) is 22.7 Å². The predicted molar refractivity (Wildman–Crippen MR) is 136 cm³/mol. The number of amides is 1. The lowest BCUT2D eigenvalue weighted by atomic mass is 9.99. The molecule has 0 saturated heterocycles. The molecule has 9 nitrogen and oxygen atoms in total. The first-order valence-corrected chi connectivity index (χ1v) is 13.0. The van der Waals surface area contributed by atoms with Gasteiger partial charge in [-0.3, -0.25) is 4.68 Å². The third kappa shape index (κ3) is 7.62. The Bertz CT molecular complexity index is 1230. The van der Waals surface area contributed by atoms with E-state index in [1.807, 2.05) is 0 Å². The van der Waals surface area contributed by atoms with E-state index in [1.54, 1.807) is 59.7 Å². The molecule has 0 spiro atoms. The van der Waals surface area contributed by atoms with E-state index in [0.717, 1.165) is 11.1 Å². The number of halogens is 1. The number of sulfonamides is 1. The molecule has 2 N–H and O–H groups in total. The topological polar surface area (TPSA) is 114 Å². The molecule has 0 aliphatic rings. The Balaban J connectivity index is 2.24. The molecule has 2 rings (SSSR count). The van der Waals surface area contributed by atoms with E-state index in [4.69, 9.17) is 4.74 Å². The summed E-state index contributed by atoms with van der Waals surface area (Å²) in [6, 6.07) is 5.10. The van der Waals surface area contributed by atoms with Crippen LogP contribution in [0.15, 0.2) is 35.0 Å². The van der Waals surface area contributed by atoms with Gasteiger partial charge >= 0.3 is 6.09 Å². The minimum Gasteiger partial charge on any atom is -0.444 e. The van der Waals surface area contributed by atoms with Crippen LogP contribution in [-0.2, 0) is 27.7 Å². The van der Waals surface area contributed by atoms with Gasteiger partial charge in [0.05, 0.1) is 28.9 Å². The van der Waals surface area contributed by atoms with Crippen LogP contribution in [0.3, 0.4) is 0 Å². The number of ether oxygens (including phenoxy) is 1. The first kappa shape index (κ1) is 29.5. The number of nitrogens with zero attached hydrogens (tertiary/aromatic N) is 3. The number of hydrogen-bond acceptors (Lipinski definition) is 6. The van der Waals surface area contributed by atoms with Crippen molar-refractivity contribution in [3.05, 3.63) is 58.2 Å². The number of aliphatic hydroxyl groups is 1. The van der Waals surface area contributed by atoms with Gasteiger partial charge in [0, 0.05) is 32.6 Å². The first-order chi connectivity index (χ1) is 16.5. The predicted octanol–water partition coefficient (Wildman–Crippen LogP) is 3.77. The highest BCUT2D eigenvalue weighted by atomic mass is 32.2. The van der Waals surface area contributed by atoms with Gasteiger partial charge in [-0.15, -0.1) is 0 Å². The van der Waals surface area contributed by atoms with Crippen LogP contribution in [0, 0.1) is 13.8 Å². The summed E-state index contributed by atoms with van der Waals surface area (Å²) in [5, 5.41) is 17.3. The normalized spacial score (nSPS) is 13.7. The fourth-order valence-electron chi connectivity index (χ4n) is 3.72. The van der Waals surface area contributed by atoms with Crippen molar-refractivity contribution in [1.82, 2.24) is 19.4 Å². The van der Waals surface area contributed by atoms with Gasteiger partial charge in [-0.05, 0) is 64.8 Å². The second-order valence-corrected chi connectivity index (χ2v) is 12.0. The molecular formula is C25H37FN4O5S. The minimum atomic E-state index is -3.56. The van der Waals surface area contributed by atoms with Gasteiger partial charge in [0.1, 0.15) is 11.4 Å². The highest BCUT2D eigenvalue weighted by Crippen LogP contribution is 2.27. The standard InChI is InChI=1S/C25H37FN4O5S/c1-16-13-19(9-10-22(16)36(33,34)29(7)8)14-21-17(2)28-30(23(21)18(3)31)15-20(26)11-12-27-24(32)35-25(4,5)6/h9-11,13,18,31H,12,14-15H2,1-8H3,(H,27,32)/b20-11-. The van der Waals surface area contributed by atoms with Crippen molar-refractivity contribution >= 4 is 16.1 Å². The van der Waals surface area contributed by atoms with E-state index >= 15 is 0 Å². The number of carbonyl (C=O) groups excluding carboxylic acids is 1. The maximum Gasteiger partial charge on any atom is 0.407 e. The van der Waals surface area contributed by atoms with Crippen LogP contribution in [0.5, 0.6) is 0 Å². The zero-order valence-corrected chi connectivity index (χ0v) is 23.0. The number of nitrogens with one attached hydrogen (secondary N) is 1. The van der Waals surface area contributed by atoms with E-state index in [1.165, 1.54) is 29.2 Å². The fourth-order valence-corrected chi connectivity index (χ4v) is 4.82. The molecule has 1 aromatic carbocycles.